The summed E-state index contributed by atoms with van der Waals surface area (Å²) in [5.74, 6) is 1.94. The van der Waals surface area contributed by atoms with Gasteiger partial charge in [-0.05, 0) is 71.6 Å². The fourth-order valence-electron chi connectivity index (χ4n) is 5.38. The molecular weight excluding hydrogens is 585 g/mol. The molecule has 0 spiro atoms. The topological polar surface area (TPSA) is 76.7 Å². The summed E-state index contributed by atoms with van der Waals surface area (Å²) in [6, 6.07) is 28.4. The molecule has 43 heavy (non-hydrogen) atoms. The van der Waals surface area contributed by atoms with E-state index in [2.05, 4.69) is 10.2 Å². The monoisotopic (exact) mass is 613 g/mol. The Hall–Kier alpha value is -4.46. The third-order valence-corrected chi connectivity index (χ3v) is 8.09. The Labute approximate surface area is 259 Å². The summed E-state index contributed by atoms with van der Waals surface area (Å²) in [5.41, 5.74) is 5.94. The number of aromatic nitrogens is 2. The maximum Gasteiger partial charge on any atom is 0.273 e. The first kappa shape index (κ1) is 28.6. The van der Waals surface area contributed by atoms with Crippen molar-refractivity contribution in [2.45, 2.75) is 19.1 Å². The summed E-state index contributed by atoms with van der Waals surface area (Å²) in [7, 11) is 3.22. The number of carbonyl (C=O) groups is 1. The quantitative estimate of drug-likeness (QED) is 0.174. The average molecular weight is 615 g/mol. The molecule has 7 nitrogen and oxygen atoms in total. The Morgan fingerprint density at radius 1 is 0.814 bits per heavy atom. The lowest BCUT2D eigenvalue weighted by atomic mass is 9.96. The molecule has 0 radical (unpaired) electrons. The van der Waals surface area contributed by atoms with Crippen LogP contribution >= 0.6 is 23.2 Å². The minimum atomic E-state index is -0.350. The van der Waals surface area contributed by atoms with Crippen LogP contribution in [0.25, 0.3) is 11.3 Å². The first-order chi connectivity index (χ1) is 20.9. The lowest BCUT2D eigenvalue weighted by Gasteiger charge is -2.27. The van der Waals surface area contributed by atoms with Gasteiger partial charge in [0, 0.05) is 27.7 Å². The molecule has 6 rings (SSSR count). The predicted octanol–water partition coefficient (Wildman–Crippen LogP) is 7.77. The van der Waals surface area contributed by atoms with E-state index in [-0.39, 0.29) is 11.9 Å². The van der Waals surface area contributed by atoms with E-state index in [4.69, 9.17) is 37.4 Å². The molecular formula is C34H29Cl2N3O4. The van der Waals surface area contributed by atoms with E-state index >= 15 is 0 Å². The molecule has 1 N–H and O–H groups in total. The van der Waals surface area contributed by atoms with Crippen molar-refractivity contribution in [3.05, 3.63) is 129 Å². The second-order valence-electron chi connectivity index (χ2n) is 10.2. The molecule has 5 aromatic rings. The lowest BCUT2D eigenvalue weighted by molar-refractivity contribution is 0.0746. The van der Waals surface area contributed by atoms with Crippen molar-refractivity contribution in [1.82, 2.24) is 15.1 Å². The van der Waals surface area contributed by atoms with Crippen LogP contribution in [0.2, 0.25) is 10.0 Å². The van der Waals surface area contributed by atoms with Crippen LogP contribution in [0.4, 0.5) is 0 Å². The maximum atomic E-state index is 13.8. The van der Waals surface area contributed by atoms with Gasteiger partial charge in [-0.1, -0.05) is 65.7 Å². The number of amides is 1. The van der Waals surface area contributed by atoms with Crippen LogP contribution in [0.3, 0.4) is 0 Å². The van der Waals surface area contributed by atoms with Gasteiger partial charge in [0.05, 0.1) is 26.0 Å². The van der Waals surface area contributed by atoms with Crippen LogP contribution in [0.15, 0.2) is 91.0 Å². The number of aromatic amines is 1. The van der Waals surface area contributed by atoms with Crippen LogP contribution in [-0.2, 0) is 13.0 Å². The van der Waals surface area contributed by atoms with Gasteiger partial charge in [0.25, 0.3) is 5.91 Å². The Kier molecular flexibility index (Phi) is 8.27. The molecule has 218 valence electrons. The van der Waals surface area contributed by atoms with Crippen LogP contribution in [0, 0.1) is 0 Å². The first-order valence-corrected chi connectivity index (χ1v) is 14.5. The number of rotatable bonds is 10. The number of hydrogen-bond acceptors (Lipinski definition) is 5. The van der Waals surface area contributed by atoms with Gasteiger partial charge in [-0.15, -0.1) is 0 Å². The molecule has 1 unspecified atom stereocenters. The van der Waals surface area contributed by atoms with Crippen molar-refractivity contribution in [1.29, 1.82) is 0 Å². The number of hydrogen-bond donors (Lipinski definition) is 1. The SMILES string of the molecule is COc1ccc(CCN2C(=O)c3[nH]nc(-c4ccc(Cl)cc4)c3C2c2ccc(OCc3ccc(Cl)cc3)cc2)cc1OC. The number of methoxy groups -OCH3 is 2. The maximum absolute atomic E-state index is 13.8. The number of H-pyrrole nitrogens is 1. The van der Waals surface area contributed by atoms with Gasteiger partial charge in [-0.3, -0.25) is 9.89 Å². The third kappa shape index (κ3) is 5.91. The van der Waals surface area contributed by atoms with Gasteiger partial charge in [0.1, 0.15) is 18.1 Å². The summed E-state index contributed by atoms with van der Waals surface area (Å²) in [5, 5.41) is 8.90. The molecule has 1 aromatic heterocycles. The van der Waals surface area contributed by atoms with Crippen LogP contribution in [0.5, 0.6) is 17.2 Å². The molecule has 1 amide bonds. The minimum Gasteiger partial charge on any atom is -0.493 e. The molecule has 0 fully saturated rings. The highest BCUT2D eigenvalue weighted by molar-refractivity contribution is 6.30. The van der Waals surface area contributed by atoms with Gasteiger partial charge < -0.3 is 19.1 Å². The number of halogens is 2. The summed E-state index contributed by atoms with van der Waals surface area (Å²) >= 11 is 12.2. The van der Waals surface area contributed by atoms with E-state index in [1.165, 1.54) is 0 Å². The molecule has 0 saturated carbocycles. The Bertz CT molecular complexity index is 1740. The third-order valence-electron chi connectivity index (χ3n) is 7.59. The van der Waals surface area contributed by atoms with E-state index in [9.17, 15) is 4.79 Å². The molecule has 0 aliphatic carbocycles. The van der Waals surface area contributed by atoms with Gasteiger partial charge in [0.2, 0.25) is 0 Å². The molecule has 1 atom stereocenters. The van der Waals surface area contributed by atoms with Gasteiger partial charge >= 0.3 is 0 Å². The highest BCUT2D eigenvalue weighted by atomic mass is 35.5. The van der Waals surface area contributed by atoms with E-state index in [0.29, 0.717) is 46.8 Å². The van der Waals surface area contributed by atoms with Crippen molar-refractivity contribution in [3.8, 4) is 28.5 Å². The zero-order valence-electron chi connectivity index (χ0n) is 23.6. The minimum absolute atomic E-state index is 0.101. The van der Waals surface area contributed by atoms with Crippen molar-refractivity contribution in [3.63, 3.8) is 0 Å². The zero-order chi connectivity index (χ0) is 29.9. The number of nitrogens with one attached hydrogen (secondary N) is 1. The number of fused-ring (bicyclic) bond motifs is 1. The van der Waals surface area contributed by atoms with Crippen molar-refractivity contribution in [2.24, 2.45) is 0 Å². The summed E-state index contributed by atoms with van der Waals surface area (Å²) < 4.78 is 16.9. The van der Waals surface area contributed by atoms with Gasteiger partial charge in [-0.25, -0.2) is 0 Å². The summed E-state index contributed by atoms with van der Waals surface area (Å²) in [4.78, 5) is 15.7. The largest absolute Gasteiger partial charge is 0.493 e. The van der Waals surface area contributed by atoms with Crippen LogP contribution < -0.4 is 14.2 Å². The Balaban J connectivity index is 1.30. The predicted molar refractivity (Wildman–Crippen MR) is 167 cm³/mol. The second kappa shape index (κ2) is 12.4. The molecule has 9 heteroatoms. The van der Waals surface area contributed by atoms with Gasteiger partial charge in [-0.2, -0.15) is 5.10 Å². The highest BCUT2D eigenvalue weighted by Crippen LogP contribution is 2.43. The molecule has 1 aliphatic heterocycles. The molecule has 1 aliphatic rings. The summed E-state index contributed by atoms with van der Waals surface area (Å²) in [6.45, 7) is 0.902. The Morgan fingerprint density at radius 2 is 1.47 bits per heavy atom. The molecule has 2 heterocycles. The van der Waals surface area contributed by atoms with Gasteiger partial charge in [0.15, 0.2) is 11.5 Å². The van der Waals surface area contributed by atoms with E-state index in [0.717, 1.165) is 39.3 Å². The van der Waals surface area contributed by atoms with Crippen molar-refractivity contribution < 1.29 is 19.0 Å². The van der Waals surface area contributed by atoms with E-state index in [1.54, 1.807) is 14.2 Å². The molecule has 4 aromatic carbocycles. The van der Waals surface area contributed by atoms with Crippen molar-refractivity contribution in [2.75, 3.05) is 20.8 Å². The van der Waals surface area contributed by atoms with E-state index in [1.807, 2.05) is 95.9 Å². The molecule has 0 bridgehead atoms. The zero-order valence-corrected chi connectivity index (χ0v) is 25.2. The Morgan fingerprint density at radius 3 is 2.14 bits per heavy atom. The average Bonchev–Trinajstić information content (AvgIpc) is 3.58. The second-order valence-corrected chi connectivity index (χ2v) is 11.1. The smallest absolute Gasteiger partial charge is 0.273 e. The fourth-order valence-corrected chi connectivity index (χ4v) is 5.63. The number of carbonyl (C=O) groups excluding carboxylic acids is 1. The fraction of sp³-hybridized carbons (Fsp3) is 0.176. The van der Waals surface area contributed by atoms with E-state index < -0.39 is 0 Å². The van der Waals surface area contributed by atoms with Crippen LogP contribution in [-0.4, -0.2) is 41.8 Å². The standard InChI is InChI=1S/C34H29Cl2N3O4/c1-41-28-16-5-21(19-29(28)42-2)17-18-39-33(24-8-14-27(15-9-24)43-20-22-3-10-25(35)11-4-22)30-31(37-38-32(30)34(39)40)23-6-12-26(36)13-7-23/h3-16,19,33H,17-18,20H2,1-2H3,(H,37,38). The first-order valence-electron chi connectivity index (χ1n) is 13.8. The normalized spacial score (nSPS) is 14.1. The number of benzene rings is 4. The van der Waals surface area contributed by atoms with Crippen LogP contribution in [0.1, 0.15) is 38.8 Å². The summed E-state index contributed by atoms with van der Waals surface area (Å²) in [6.07, 6.45) is 0.624. The lowest BCUT2D eigenvalue weighted by Crippen LogP contribution is -2.31. The number of nitrogens with zero attached hydrogens (tertiary/aromatic N) is 2. The molecule has 0 saturated heterocycles. The highest BCUT2D eigenvalue weighted by Gasteiger charge is 2.42. The number of ether oxygens (including phenoxy) is 3. The van der Waals surface area contributed by atoms with Crippen molar-refractivity contribution >= 4 is 29.1 Å².